The van der Waals surface area contributed by atoms with Gasteiger partial charge in [0.1, 0.15) is 12.4 Å². The van der Waals surface area contributed by atoms with Crippen LogP contribution in [0, 0.1) is 12.3 Å². The standard InChI is InChI=1S/C26H35N3O2/c1-21-10-11-23(19-27-21)25(30)29-15-13-26(14-16-29)12-6-5-8-22-7-3-4-9-24(22)31-18-17-28(2)20-26/h3-4,7,9-11,19H,5-6,8,12-18,20H2,1-2H3. The summed E-state index contributed by atoms with van der Waals surface area (Å²) in [4.78, 5) is 21.7. The van der Waals surface area contributed by atoms with Crippen molar-refractivity contribution in [1.29, 1.82) is 0 Å². The molecule has 2 aliphatic rings. The average molecular weight is 422 g/mol. The summed E-state index contributed by atoms with van der Waals surface area (Å²) in [5, 5.41) is 0. The zero-order valence-electron chi connectivity index (χ0n) is 19.0. The zero-order valence-corrected chi connectivity index (χ0v) is 19.0. The summed E-state index contributed by atoms with van der Waals surface area (Å²) < 4.78 is 6.11. The highest BCUT2D eigenvalue weighted by atomic mass is 16.5. The van der Waals surface area contributed by atoms with Crippen molar-refractivity contribution in [1.82, 2.24) is 14.8 Å². The summed E-state index contributed by atoms with van der Waals surface area (Å²) in [6, 6.07) is 12.3. The maximum atomic E-state index is 12.9. The van der Waals surface area contributed by atoms with Gasteiger partial charge in [0.05, 0.1) is 5.56 Å². The second-order valence-corrected chi connectivity index (χ2v) is 9.38. The molecule has 4 rings (SSSR count). The highest BCUT2D eigenvalue weighted by Gasteiger charge is 2.36. The number of aromatic nitrogens is 1. The first-order valence-electron chi connectivity index (χ1n) is 11.7. The van der Waals surface area contributed by atoms with Gasteiger partial charge < -0.3 is 14.5 Å². The third kappa shape index (κ3) is 5.45. The van der Waals surface area contributed by atoms with Gasteiger partial charge >= 0.3 is 0 Å². The maximum absolute atomic E-state index is 12.9. The predicted molar refractivity (Wildman–Crippen MR) is 124 cm³/mol. The Morgan fingerprint density at radius 2 is 1.84 bits per heavy atom. The Morgan fingerprint density at radius 1 is 1.03 bits per heavy atom. The van der Waals surface area contributed by atoms with Crippen LogP contribution in [0.5, 0.6) is 5.75 Å². The molecule has 0 aliphatic carbocycles. The number of piperidine rings is 1. The van der Waals surface area contributed by atoms with Crippen molar-refractivity contribution in [2.75, 3.05) is 39.8 Å². The molecule has 1 fully saturated rings. The molecule has 1 aromatic heterocycles. The monoisotopic (exact) mass is 421 g/mol. The topological polar surface area (TPSA) is 45.7 Å². The number of amides is 1. The number of likely N-dealkylation sites (N-methyl/N-ethyl adjacent to an activating group) is 1. The molecule has 2 aliphatic heterocycles. The Bertz CT molecular complexity index is 872. The molecule has 0 atom stereocenters. The average Bonchev–Trinajstić information content (AvgIpc) is 2.77. The lowest BCUT2D eigenvalue weighted by Crippen LogP contribution is -2.48. The summed E-state index contributed by atoms with van der Waals surface area (Å²) in [7, 11) is 2.21. The quantitative estimate of drug-likeness (QED) is 0.687. The van der Waals surface area contributed by atoms with Crippen LogP contribution in [0.2, 0.25) is 0 Å². The van der Waals surface area contributed by atoms with Gasteiger partial charge in [-0.15, -0.1) is 0 Å². The molecule has 2 aromatic rings. The highest BCUT2D eigenvalue weighted by molar-refractivity contribution is 5.94. The van der Waals surface area contributed by atoms with Gasteiger partial charge in [0.25, 0.3) is 5.91 Å². The van der Waals surface area contributed by atoms with E-state index < -0.39 is 0 Å². The molecular weight excluding hydrogens is 386 g/mol. The van der Waals surface area contributed by atoms with Crippen LogP contribution in [0.4, 0.5) is 0 Å². The number of pyridine rings is 1. The molecule has 1 aromatic carbocycles. The molecular formula is C26H35N3O2. The van der Waals surface area contributed by atoms with Crippen molar-refractivity contribution in [3.05, 3.63) is 59.4 Å². The van der Waals surface area contributed by atoms with Crippen molar-refractivity contribution >= 4 is 5.91 Å². The SMILES string of the molecule is Cc1ccc(C(=O)N2CCC3(CCCCc4ccccc4OCCN(C)C3)CC2)cn1. The number of rotatable bonds is 1. The second-order valence-electron chi connectivity index (χ2n) is 9.38. The lowest BCUT2D eigenvalue weighted by molar-refractivity contribution is 0.0424. The fourth-order valence-corrected chi connectivity index (χ4v) is 5.08. The first-order valence-corrected chi connectivity index (χ1v) is 11.7. The van der Waals surface area contributed by atoms with Crippen molar-refractivity contribution in [3.8, 4) is 5.75 Å². The number of benzene rings is 1. The number of hydrogen-bond acceptors (Lipinski definition) is 4. The number of aryl methyl sites for hydroxylation is 2. The van der Waals surface area contributed by atoms with E-state index in [1.165, 1.54) is 24.8 Å². The largest absolute Gasteiger partial charge is 0.492 e. The first-order chi connectivity index (χ1) is 15.0. The van der Waals surface area contributed by atoms with Gasteiger partial charge in [-0.25, -0.2) is 0 Å². The number of carbonyl (C=O) groups excluding carboxylic acids is 1. The lowest BCUT2D eigenvalue weighted by atomic mass is 9.73. The molecule has 0 saturated carbocycles. The van der Waals surface area contributed by atoms with Crippen LogP contribution in [0.25, 0.3) is 0 Å². The van der Waals surface area contributed by atoms with E-state index in [2.05, 4.69) is 41.2 Å². The van der Waals surface area contributed by atoms with Gasteiger partial charge in [0.2, 0.25) is 0 Å². The van der Waals surface area contributed by atoms with Crippen LogP contribution in [-0.4, -0.2) is 60.5 Å². The Labute approximate surface area is 186 Å². The molecule has 5 nitrogen and oxygen atoms in total. The van der Waals surface area contributed by atoms with Gasteiger partial charge in [0.15, 0.2) is 0 Å². The van der Waals surface area contributed by atoms with E-state index in [1.807, 2.05) is 24.0 Å². The molecule has 0 unspecified atom stereocenters. The normalized spacial score (nSPS) is 20.3. The van der Waals surface area contributed by atoms with Crippen molar-refractivity contribution in [2.45, 2.75) is 45.4 Å². The van der Waals surface area contributed by atoms with Crippen molar-refractivity contribution in [3.63, 3.8) is 0 Å². The van der Waals surface area contributed by atoms with Crippen molar-refractivity contribution < 1.29 is 9.53 Å². The van der Waals surface area contributed by atoms with Gasteiger partial charge in [-0.3, -0.25) is 9.78 Å². The smallest absolute Gasteiger partial charge is 0.255 e. The third-order valence-corrected chi connectivity index (χ3v) is 6.98. The number of para-hydroxylation sites is 1. The highest BCUT2D eigenvalue weighted by Crippen LogP contribution is 2.38. The maximum Gasteiger partial charge on any atom is 0.255 e. The van der Waals surface area contributed by atoms with E-state index >= 15 is 0 Å². The van der Waals surface area contributed by atoms with E-state index in [1.54, 1.807) is 6.20 Å². The molecule has 166 valence electrons. The fourth-order valence-electron chi connectivity index (χ4n) is 5.08. The molecule has 0 N–H and O–H groups in total. The number of ether oxygens (including phenoxy) is 1. The van der Waals surface area contributed by atoms with Crippen LogP contribution in [0.15, 0.2) is 42.6 Å². The van der Waals surface area contributed by atoms with Gasteiger partial charge in [-0.1, -0.05) is 24.6 Å². The van der Waals surface area contributed by atoms with E-state index in [0.29, 0.717) is 12.2 Å². The minimum atomic E-state index is 0.119. The summed E-state index contributed by atoms with van der Waals surface area (Å²) in [6.07, 6.45) is 8.56. The Morgan fingerprint density at radius 3 is 2.61 bits per heavy atom. The predicted octanol–water partition coefficient (Wildman–Crippen LogP) is 4.35. The number of carbonyl (C=O) groups is 1. The molecule has 1 amide bonds. The summed E-state index contributed by atoms with van der Waals surface area (Å²) in [6.45, 7) is 6.33. The van der Waals surface area contributed by atoms with Crippen LogP contribution in [0.3, 0.4) is 0 Å². The molecule has 0 bridgehead atoms. The number of fused-ring (bicyclic) bond motifs is 1. The summed E-state index contributed by atoms with van der Waals surface area (Å²) >= 11 is 0. The minimum Gasteiger partial charge on any atom is -0.492 e. The summed E-state index contributed by atoms with van der Waals surface area (Å²) in [5.74, 6) is 1.16. The first kappa shape index (κ1) is 21.8. The Hall–Kier alpha value is -2.40. The Kier molecular flexibility index (Phi) is 6.91. The van der Waals surface area contributed by atoms with E-state index in [4.69, 9.17) is 4.74 Å². The zero-order chi connectivity index (χ0) is 21.7. The second kappa shape index (κ2) is 9.82. The van der Waals surface area contributed by atoms with E-state index in [-0.39, 0.29) is 11.3 Å². The van der Waals surface area contributed by atoms with Crippen LogP contribution < -0.4 is 4.74 Å². The number of hydrogen-bond donors (Lipinski definition) is 0. The van der Waals surface area contributed by atoms with Gasteiger partial charge in [0, 0.05) is 38.1 Å². The molecule has 1 saturated heterocycles. The summed E-state index contributed by atoms with van der Waals surface area (Å²) in [5.41, 5.74) is 3.26. The molecule has 0 radical (unpaired) electrons. The van der Waals surface area contributed by atoms with E-state index in [0.717, 1.165) is 56.9 Å². The minimum absolute atomic E-state index is 0.119. The van der Waals surface area contributed by atoms with E-state index in [9.17, 15) is 4.79 Å². The number of nitrogens with zero attached hydrogens (tertiary/aromatic N) is 3. The fraction of sp³-hybridized carbons (Fsp3) is 0.538. The molecule has 31 heavy (non-hydrogen) atoms. The van der Waals surface area contributed by atoms with Crippen molar-refractivity contribution in [2.24, 2.45) is 5.41 Å². The number of likely N-dealkylation sites (tertiary alicyclic amines) is 1. The van der Waals surface area contributed by atoms with Gasteiger partial charge in [-0.05, 0) is 75.3 Å². The third-order valence-electron chi connectivity index (χ3n) is 6.98. The lowest BCUT2D eigenvalue weighted by Gasteiger charge is -2.44. The molecule has 5 heteroatoms. The molecule has 3 heterocycles. The van der Waals surface area contributed by atoms with Crippen LogP contribution in [0.1, 0.15) is 53.7 Å². The van der Waals surface area contributed by atoms with Crippen LogP contribution >= 0.6 is 0 Å². The molecule has 1 spiro atoms. The van der Waals surface area contributed by atoms with Gasteiger partial charge in [-0.2, -0.15) is 0 Å². The van der Waals surface area contributed by atoms with Crippen LogP contribution in [-0.2, 0) is 6.42 Å². The Balaban J connectivity index is 1.40.